The first-order valence-electron chi connectivity index (χ1n) is 7.14. The van der Waals surface area contributed by atoms with Crippen molar-refractivity contribution in [3.63, 3.8) is 0 Å². The van der Waals surface area contributed by atoms with Gasteiger partial charge in [0.1, 0.15) is 0 Å². The van der Waals surface area contributed by atoms with Crippen molar-refractivity contribution in [2.45, 2.75) is 50.3 Å². The van der Waals surface area contributed by atoms with Crippen LogP contribution in [-0.4, -0.2) is 48.1 Å². The second-order valence-electron chi connectivity index (χ2n) is 6.24. The Labute approximate surface area is 111 Å². The first kappa shape index (κ1) is 13.7. The van der Waals surface area contributed by atoms with Crippen LogP contribution >= 0.6 is 11.8 Å². The summed E-state index contributed by atoms with van der Waals surface area (Å²) in [6.07, 6.45) is 7.80. The average Bonchev–Trinajstić information content (AvgIpc) is 3.08. The van der Waals surface area contributed by atoms with Crippen LogP contribution in [0, 0.1) is 5.92 Å². The minimum Gasteiger partial charge on any atom is -0.313 e. The van der Waals surface area contributed by atoms with Crippen LogP contribution in [0.5, 0.6) is 0 Å². The van der Waals surface area contributed by atoms with Crippen molar-refractivity contribution in [3.05, 3.63) is 0 Å². The van der Waals surface area contributed by atoms with Gasteiger partial charge in [0.25, 0.3) is 0 Å². The van der Waals surface area contributed by atoms with Gasteiger partial charge >= 0.3 is 0 Å². The Morgan fingerprint density at radius 3 is 2.41 bits per heavy atom. The summed E-state index contributed by atoms with van der Waals surface area (Å²) in [5, 5.41) is 3.80. The molecule has 1 aliphatic heterocycles. The molecule has 0 aromatic rings. The maximum absolute atomic E-state index is 3.80. The summed E-state index contributed by atoms with van der Waals surface area (Å²) in [5.41, 5.74) is 0. The van der Waals surface area contributed by atoms with Gasteiger partial charge in [0.05, 0.1) is 0 Å². The zero-order valence-corrected chi connectivity index (χ0v) is 12.5. The molecule has 1 heterocycles. The van der Waals surface area contributed by atoms with E-state index in [-0.39, 0.29) is 0 Å². The van der Waals surface area contributed by atoms with E-state index >= 15 is 0 Å². The maximum Gasteiger partial charge on any atom is 0.0282 e. The van der Waals surface area contributed by atoms with E-state index in [2.05, 4.69) is 42.1 Å². The molecule has 2 fully saturated rings. The smallest absolute Gasteiger partial charge is 0.0282 e. The Kier molecular flexibility index (Phi) is 4.79. The van der Waals surface area contributed by atoms with E-state index in [1.807, 2.05) is 0 Å². The Balaban J connectivity index is 1.62. The van der Waals surface area contributed by atoms with Crippen LogP contribution in [0.2, 0.25) is 0 Å². The van der Waals surface area contributed by atoms with Gasteiger partial charge in [0.2, 0.25) is 0 Å². The third-order valence-corrected chi connectivity index (χ3v) is 5.58. The molecule has 100 valence electrons. The van der Waals surface area contributed by atoms with Crippen LogP contribution in [0.25, 0.3) is 0 Å². The van der Waals surface area contributed by atoms with Gasteiger partial charge in [0, 0.05) is 23.9 Å². The molecule has 17 heavy (non-hydrogen) atoms. The second kappa shape index (κ2) is 5.94. The number of hydrogen-bond acceptors (Lipinski definition) is 3. The fourth-order valence-corrected chi connectivity index (χ4v) is 3.50. The van der Waals surface area contributed by atoms with E-state index in [4.69, 9.17) is 0 Å². The van der Waals surface area contributed by atoms with Crippen molar-refractivity contribution in [2.75, 3.05) is 32.4 Å². The van der Waals surface area contributed by atoms with E-state index in [1.54, 1.807) is 0 Å². The van der Waals surface area contributed by atoms with Crippen molar-refractivity contribution in [3.8, 4) is 0 Å². The molecule has 1 aliphatic carbocycles. The van der Waals surface area contributed by atoms with E-state index in [9.17, 15) is 0 Å². The Hall–Kier alpha value is 0.270. The number of nitrogens with one attached hydrogen (secondary N) is 1. The number of likely N-dealkylation sites (tertiary alicyclic amines) is 1. The molecule has 0 bridgehead atoms. The van der Waals surface area contributed by atoms with Crippen LogP contribution < -0.4 is 5.32 Å². The normalized spacial score (nSPS) is 25.4. The molecule has 3 heteroatoms. The fraction of sp³-hybridized carbons (Fsp3) is 1.00. The molecular weight excluding hydrogens is 228 g/mol. The van der Waals surface area contributed by atoms with Crippen LogP contribution in [0.4, 0.5) is 0 Å². The SMILES string of the molecule is CSC1(CNC2CCN(CC(C)C)CC2)CC1. The summed E-state index contributed by atoms with van der Waals surface area (Å²) >= 11 is 2.06. The largest absolute Gasteiger partial charge is 0.313 e. The summed E-state index contributed by atoms with van der Waals surface area (Å²) < 4.78 is 0.620. The van der Waals surface area contributed by atoms with Gasteiger partial charge in [-0.25, -0.2) is 0 Å². The molecule has 0 unspecified atom stereocenters. The van der Waals surface area contributed by atoms with Crippen molar-refractivity contribution >= 4 is 11.8 Å². The number of rotatable bonds is 6. The van der Waals surface area contributed by atoms with Crippen molar-refractivity contribution < 1.29 is 0 Å². The van der Waals surface area contributed by atoms with Gasteiger partial charge in [-0.2, -0.15) is 11.8 Å². The third-order valence-electron chi connectivity index (χ3n) is 4.16. The zero-order valence-electron chi connectivity index (χ0n) is 11.7. The Morgan fingerprint density at radius 2 is 1.94 bits per heavy atom. The highest BCUT2D eigenvalue weighted by Gasteiger charge is 2.41. The van der Waals surface area contributed by atoms with Gasteiger partial charge in [-0.1, -0.05) is 13.8 Å². The third kappa shape index (κ3) is 4.15. The minimum atomic E-state index is 0.620. The molecule has 2 aliphatic rings. The first-order valence-corrected chi connectivity index (χ1v) is 8.37. The topological polar surface area (TPSA) is 15.3 Å². The predicted octanol–water partition coefficient (Wildman–Crippen LogP) is 2.59. The van der Waals surface area contributed by atoms with Gasteiger partial charge < -0.3 is 10.2 Å². The van der Waals surface area contributed by atoms with Gasteiger partial charge in [-0.3, -0.25) is 0 Å². The van der Waals surface area contributed by atoms with E-state index in [1.165, 1.54) is 51.9 Å². The van der Waals surface area contributed by atoms with Crippen LogP contribution in [0.15, 0.2) is 0 Å². The number of piperidine rings is 1. The highest BCUT2D eigenvalue weighted by molar-refractivity contribution is 8.00. The standard InChI is InChI=1S/C14H28N2S/c1-12(2)10-16-8-4-13(5-9-16)15-11-14(17-3)6-7-14/h12-13,15H,4-11H2,1-3H3. The Bertz CT molecular complexity index is 230. The maximum atomic E-state index is 3.80. The molecule has 1 N–H and O–H groups in total. The Morgan fingerprint density at radius 1 is 1.29 bits per heavy atom. The molecule has 2 rings (SSSR count). The summed E-state index contributed by atoms with van der Waals surface area (Å²) in [6, 6.07) is 0.781. The summed E-state index contributed by atoms with van der Waals surface area (Å²) in [7, 11) is 0. The molecule has 1 saturated heterocycles. The van der Waals surface area contributed by atoms with Crippen LogP contribution in [-0.2, 0) is 0 Å². The predicted molar refractivity (Wildman–Crippen MR) is 77.8 cm³/mol. The lowest BCUT2D eigenvalue weighted by atomic mass is 10.0. The molecule has 0 spiro atoms. The summed E-state index contributed by atoms with van der Waals surface area (Å²) in [4.78, 5) is 2.63. The fourth-order valence-electron chi connectivity index (χ4n) is 2.76. The van der Waals surface area contributed by atoms with Crippen LogP contribution in [0.3, 0.4) is 0 Å². The molecule has 0 radical (unpaired) electrons. The molecular formula is C14H28N2S. The van der Waals surface area contributed by atoms with Crippen molar-refractivity contribution in [1.29, 1.82) is 0 Å². The summed E-state index contributed by atoms with van der Waals surface area (Å²) in [5.74, 6) is 0.811. The lowest BCUT2D eigenvalue weighted by Gasteiger charge is -2.34. The van der Waals surface area contributed by atoms with Crippen molar-refractivity contribution in [1.82, 2.24) is 10.2 Å². The number of nitrogens with zero attached hydrogens (tertiary/aromatic N) is 1. The second-order valence-corrected chi connectivity index (χ2v) is 7.51. The van der Waals surface area contributed by atoms with Crippen molar-refractivity contribution in [2.24, 2.45) is 5.92 Å². The average molecular weight is 256 g/mol. The first-order chi connectivity index (χ1) is 8.13. The molecule has 0 atom stereocenters. The highest BCUT2D eigenvalue weighted by Crippen LogP contribution is 2.46. The van der Waals surface area contributed by atoms with E-state index in [0.29, 0.717) is 4.75 Å². The van der Waals surface area contributed by atoms with E-state index in [0.717, 1.165) is 12.0 Å². The van der Waals surface area contributed by atoms with Gasteiger partial charge in [-0.15, -0.1) is 0 Å². The number of hydrogen-bond donors (Lipinski definition) is 1. The minimum absolute atomic E-state index is 0.620. The monoisotopic (exact) mass is 256 g/mol. The molecule has 0 aromatic heterocycles. The molecule has 1 saturated carbocycles. The van der Waals surface area contributed by atoms with E-state index < -0.39 is 0 Å². The molecule has 2 nitrogen and oxygen atoms in total. The summed E-state index contributed by atoms with van der Waals surface area (Å²) in [6.45, 7) is 9.74. The lowest BCUT2D eigenvalue weighted by Crippen LogP contribution is -2.45. The number of thioether (sulfide) groups is 1. The van der Waals surface area contributed by atoms with Gasteiger partial charge in [-0.05, 0) is 50.9 Å². The quantitative estimate of drug-likeness (QED) is 0.786. The highest BCUT2D eigenvalue weighted by atomic mass is 32.2. The lowest BCUT2D eigenvalue weighted by molar-refractivity contribution is 0.180. The zero-order chi connectivity index (χ0) is 12.3. The van der Waals surface area contributed by atoms with Gasteiger partial charge in [0.15, 0.2) is 0 Å². The molecule has 0 amide bonds. The molecule has 0 aromatic carbocycles. The van der Waals surface area contributed by atoms with Crippen LogP contribution in [0.1, 0.15) is 39.5 Å².